The summed E-state index contributed by atoms with van der Waals surface area (Å²) in [5.74, 6) is -0.537. The summed E-state index contributed by atoms with van der Waals surface area (Å²) < 4.78 is 14.7. The number of carbonyl (C=O) groups is 1. The van der Waals surface area contributed by atoms with Crippen LogP contribution in [0.5, 0.6) is 0 Å². The summed E-state index contributed by atoms with van der Waals surface area (Å²) in [7, 11) is 0. The van der Waals surface area contributed by atoms with Crippen LogP contribution in [0.4, 0.5) is 10.1 Å². The number of halogens is 1. The van der Waals surface area contributed by atoms with Crippen molar-refractivity contribution in [3.8, 4) is 0 Å². The summed E-state index contributed by atoms with van der Waals surface area (Å²) in [5, 5.41) is 4.13. The van der Waals surface area contributed by atoms with Gasteiger partial charge in [0, 0.05) is 11.1 Å². The number of nitrogens with one attached hydrogen (secondary N) is 2. The van der Waals surface area contributed by atoms with E-state index in [9.17, 15) is 9.18 Å². The Morgan fingerprint density at radius 1 is 1.14 bits per heavy atom. The average molecular weight is 383 g/mol. The van der Waals surface area contributed by atoms with Crippen molar-refractivity contribution < 1.29 is 14.1 Å². The van der Waals surface area contributed by atoms with Crippen LogP contribution in [0.2, 0.25) is 0 Å². The zero-order valence-electron chi connectivity index (χ0n) is 16.8. The van der Waals surface area contributed by atoms with E-state index in [4.69, 9.17) is 0 Å². The molecule has 0 radical (unpaired) electrons. The molecule has 0 unspecified atom stereocenters. The number of likely N-dealkylation sites (N-methyl/N-ethyl adjacent to an activating group) is 1. The number of benzene rings is 2. The molecule has 1 fully saturated rings. The van der Waals surface area contributed by atoms with Crippen LogP contribution in [0, 0.1) is 12.7 Å². The third-order valence-corrected chi connectivity index (χ3v) is 5.32. The van der Waals surface area contributed by atoms with Crippen molar-refractivity contribution in [1.29, 1.82) is 0 Å². The number of nitrogens with zero attached hydrogens (tertiary/aromatic N) is 2. The lowest BCUT2D eigenvalue weighted by molar-refractivity contribution is -0.898. The quantitative estimate of drug-likeness (QED) is 0.613. The Kier molecular flexibility index (Phi) is 6.41. The maximum Gasteiger partial charge on any atom is 0.271 e. The number of quaternary nitrogens is 1. The monoisotopic (exact) mass is 383 g/mol. The highest BCUT2D eigenvalue weighted by molar-refractivity contribution is 6.01. The van der Waals surface area contributed by atoms with Crippen molar-refractivity contribution in [2.24, 2.45) is 5.10 Å². The highest BCUT2D eigenvalue weighted by atomic mass is 19.1. The normalized spacial score (nSPS) is 15.6. The van der Waals surface area contributed by atoms with E-state index in [1.807, 2.05) is 31.2 Å². The van der Waals surface area contributed by atoms with Gasteiger partial charge in [0.05, 0.1) is 44.1 Å². The largest absolute Gasteiger partial charge is 0.358 e. The molecule has 148 valence electrons. The molecule has 0 aromatic heterocycles. The highest BCUT2D eigenvalue weighted by Crippen LogP contribution is 2.21. The molecule has 0 atom stereocenters. The molecule has 28 heavy (non-hydrogen) atoms. The Morgan fingerprint density at radius 2 is 1.79 bits per heavy atom. The maximum absolute atomic E-state index is 14.7. The van der Waals surface area contributed by atoms with Gasteiger partial charge in [-0.1, -0.05) is 23.8 Å². The first-order valence-corrected chi connectivity index (χ1v) is 9.77. The third-order valence-electron chi connectivity index (χ3n) is 5.32. The van der Waals surface area contributed by atoms with Crippen molar-refractivity contribution >= 4 is 17.3 Å². The number of hydrogen-bond donors (Lipinski definition) is 2. The lowest BCUT2D eigenvalue weighted by Gasteiger charge is -2.33. The average Bonchev–Trinajstić information content (AvgIpc) is 2.72. The van der Waals surface area contributed by atoms with Gasteiger partial charge in [0.15, 0.2) is 0 Å². The van der Waals surface area contributed by atoms with Crippen molar-refractivity contribution in [2.45, 2.75) is 20.8 Å². The zero-order valence-corrected chi connectivity index (χ0v) is 16.8. The number of hydrazone groups is 1. The fourth-order valence-electron chi connectivity index (χ4n) is 3.37. The van der Waals surface area contributed by atoms with E-state index < -0.39 is 0 Å². The van der Waals surface area contributed by atoms with Gasteiger partial charge in [-0.3, -0.25) is 4.79 Å². The van der Waals surface area contributed by atoms with E-state index in [1.54, 1.807) is 24.0 Å². The molecule has 6 heteroatoms. The molecule has 5 nitrogen and oxygen atoms in total. The second-order valence-electron chi connectivity index (χ2n) is 7.26. The molecule has 0 spiro atoms. The molecule has 0 saturated carbocycles. The van der Waals surface area contributed by atoms with Crippen LogP contribution in [0.3, 0.4) is 0 Å². The number of amides is 1. The molecular formula is C22H28FN4O+. The van der Waals surface area contributed by atoms with Gasteiger partial charge in [-0.15, -0.1) is 0 Å². The summed E-state index contributed by atoms with van der Waals surface area (Å²) >= 11 is 0. The van der Waals surface area contributed by atoms with E-state index in [-0.39, 0.29) is 11.7 Å². The molecule has 1 aliphatic rings. The van der Waals surface area contributed by atoms with Crippen LogP contribution in [0.15, 0.2) is 47.6 Å². The lowest BCUT2D eigenvalue weighted by Crippen LogP contribution is -3.14. The van der Waals surface area contributed by atoms with Crippen molar-refractivity contribution in [1.82, 2.24) is 5.43 Å². The first-order valence-electron chi connectivity index (χ1n) is 9.77. The summed E-state index contributed by atoms with van der Waals surface area (Å²) in [6.07, 6.45) is 0. The Balaban J connectivity index is 1.66. The second kappa shape index (κ2) is 8.97. The standard InChI is InChI=1S/C22H27FN4O/c1-4-26-11-13-27(14-12-26)21-10-9-19(15-20(21)23)17(3)24-25-22(28)18-7-5-16(2)6-8-18/h5-10,15H,4,11-14H2,1-3H3,(H,25,28)/p+1/b24-17-. The van der Waals surface area contributed by atoms with Crippen molar-refractivity contribution in [3.05, 3.63) is 65.0 Å². The summed E-state index contributed by atoms with van der Waals surface area (Å²) in [6.45, 7) is 10.8. The predicted octanol–water partition coefficient (Wildman–Crippen LogP) is 2.01. The Labute approximate surface area is 165 Å². The van der Waals surface area contributed by atoms with Crippen LogP contribution in [0.25, 0.3) is 0 Å². The lowest BCUT2D eigenvalue weighted by atomic mass is 10.1. The van der Waals surface area contributed by atoms with Crippen LogP contribution < -0.4 is 15.2 Å². The number of rotatable bonds is 5. The first-order chi connectivity index (χ1) is 13.5. The third kappa shape index (κ3) is 4.75. The number of piperazine rings is 1. The smallest absolute Gasteiger partial charge is 0.271 e. The maximum atomic E-state index is 14.7. The van der Waals surface area contributed by atoms with Crippen molar-refractivity contribution in [3.63, 3.8) is 0 Å². The molecule has 1 saturated heterocycles. The second-order valence-corrected chi connectivity index (χ2v) is 7.26. The number of anilines is 1. The van der Waals surface area contributed by atoms with Crippen LogP contribution >= 0.6 is 0 Å². The Hall–Kier alpha value is -2.73. The molecular weight excluding hydrogens is 355 g/mol. The van der Waals surface area contributed by atoms with Crippen LogP contribution in [0.1, 0.15) is 35.3 Å². The molecule has 0 bridgehead atoms. The molecule has 2 N–H and O–H groups in total. The first kappa shape index (κ1) is 20.0. The van der Waals surface area contributed by atoms with E-state index in [0.29, 0.717) is 22.5 Å². The molecule has 1 amide bonds. The number of aryl methyl sites for hydroxylation is 1. The van der Waals surface area contributed by atoms with Crippen LogP contribution in [-0.4, -0.2) is 44.3 Å². The highest BCUT2D eigenvalue weighted by Gasteiger charge is 2.21. The van der Waals surface area contributed by atoms with Gasteiger partial charge in [0.2, 0.25) is 0 Å². The van der Waals surface area contributed by atoms with Gasteiger partial charge in [0.1, 0.15) is 5.82 Å². The minimum atomic E-state index is -0.285. The fraction of sp³-hybridized carbons (Fsp3) is 0.364. The topological polar surface area (TPSA) is 49.1 Å². The Morgan fingerprint density at radius 3 is 2.39 bits per heavy atom. The van der Waals surface area contributed by atoms with E-state index in [1.165, 1.54) is 6.07 Å². The summed E-state index contributed by atoms with van der Waals surface area (Å²) in [4.78, 5) is 15.8. The van der Waals surface area contributed by atoms with Gasteiger partial charge in [-0.05, 0) is 45.0 Å². The summed E-state index contributed by atoms with van der Waals surface area (Å²) in [6, 6.07) is 12.4. The molecule has 2 aromatic rings. The SMILES string of the molecule is CC[NH+]1CCN(c2ccc(/C(C)=N\NC(=O)c3ccc(C)cc3)cc2F)CC1. The Bertz CT molecular complexity index is 855. The molecule has 1 aliphatic heterocycles. The zero-order chi connectivity index (χ0) is 20.1. The molecule has 0 aliphatic carbocycles. The minimum Gasteiger partial charge on any atom is -0.358 e. The van der Waals surface area contributed by atoms with Gasteiger partial charge in [-0.2, -0.15) is 5.10 Å². The van der Waals surface area contributed by atoms with Gasteiger partial charge >= 0.3 is 0 Å². The van der Waals surface area contributed by atoms with E-state index in [2.05, 4.69) is 22.4 Å². The number of hydrogen-bond acceptors (Lipinski definition) is 3. The van der Waals surface area contributed by atoms with E-state index >= 15 is 0 Å². The van der Waals surface area contributed by atoms with Gasteiger partial charge in [-0.25, -0.2) is 9.82 Å². The fourth-order valence-corrected chi connectivity index (χ4v) is 3.37. The predicted molar refractivity (Wildman–Crippen MR) is 111 cm³/mol. The molecule has 2 aromatic carbocycles. The minimum absolute atomic E-state index is 0.253. The van der Waals surface area contributed by atoms with Gasteiger partial charge < -0.3 is 9.80 Å². The summed E-state index contributed by atoms with van der Waals surface area (Å²) in [5.41, 5.74) is 6.02. The van der Waals surface area contributed by atoms with Crippen molar-refractivity contribution in [2.75, 3.05) is 37.6 Å². The van der Waals surface area contributed by atoms with E-state index in [0.717, 1.165) is 38.3 Å². The van der Waals surface area contributed by atoms with Gasteiger partial charge in [0.25, 0.3) is 5.91 Å². The van der Waals surface area contributed by atoms with Crippen LogP contribution in [-0.2, 0) is 0 Å². The molecule has 1 heterocycles. The molecule has 3 rings (SSSR count). The number of carbonyl (C=O) groups excluding carboxylic acids is 1.